The van der Waals surface area contributed by atoms with Gasteiger partial charge in [-0.1, -0.05) is 60.9 Å². The molecule has 0 radical (unpaired) electrons. The van der Waals surface area contributed by atoms with E-state index >= 15 is 0 Å². The Morgan fingerprint density at radius 3 is 1.10 bits per heavy atom. The van der Waals surface area contributed by atoms with E-state index in [2.05, 4.69) is 15.9 Å². The van der Waals surface area contributed by atoms with E-state index in [-0.39, 0.29) is 151 Å². The summed E-state index contributed by atoms with van der Waals surface area (Å²) in [5.74, 6) is 0.0417. The predicted octanol–water partition coefficient (Wildman–Crippen LogP) is -5.07. The SMILES string of the molecule is CC(=O)CC(C)=O.CC(C)=O.O=C([O-])O.OCCCCCCCCCCCBr.[I-].[K+].[K+]. The molecule has 0 aliphatic heterocycles. The molecule has 0 bridgehead atoms. The van der Waals surface area contributed by atoms with Gasteiger partial charge in [-0.05, 0) is 40.5 Å². The molecule has 0 aliphatic rings. The van der Waals surface area contributed by atoms with Crippen molar-refractivity contribution in [3.8, 4) is 0 Å². The molecule has 0 rings (SSSR count). The van der Waals surface area contributed by atoms with Gasteiger partial charge in [0.1, 0.15) is 17.3 Å². The molecule has 0 saturated carbocycles. The number of alkyl halides is 1. The number of unbranched alkanes of at least 4 members (excludes halogenated alkanes) is 8. The molecular formula is C20H38BrIK2O7. The normalized spacial score (nSPS) is 7.94. The van der Waals surface area contributed by atoms with Crippen LogP contribution in [0, 0.1) is 0 Å². The number of Topliss-reactive ketones (excluding diaryl/α,β-unsaturated/α-hetero) is 3. The van der Waals surface area contributed by atoms with Crippen LogP contribution in [-0.4, -0.2) is 45.7 Å². The van der Waals surface area contributed by atoms with E-state index in [1.807, 2.05) is 0 Å². The summed E-state index contributed by atoms with van der Waals surface area (Å²) < 4.78 is 0. The third-order valence-electron chi connectivity index (χ3n) is 2.79. The molecule has 176 valence electrons. The molecule has 0 aromatic carbocycles. The Bertz CT molecular complexity index is 360. The van der Waals surface area contributed by atoms with Gasteiger partial charge in [-0.3, -0.25) is 9.59 Å². The number of carboxylic acid groups (broad SMARTS) is 2. The van der Waals surface area contributed by atoms with Gasteiger partial charge in [-0.2, -0.15) is 0 Å². The quantitative estimate of drug-likeness (QED) is 0.0697. The van der Waals surface area contributed by atoms with E-state index in [0.29, 0.717) is 6.61 Å². The van der Waals surface area contributed by atoms with Crippen LogP contribution in [-0.2, 0) is 14.4 Å². The van der Waals surface area contributed by atoms with E-state index in [1.165, 1.54) is 79.1 Å². The van der Waals surface area contributed by atoms with Crippen LogP contribution in [0.5, 0.6) is 0 Å². The molecular weight excluding hydrogens is 637 g/mol. The van der Waals surface area contributed by atoms with Gasteiger partial charge in [0, 0.05) is 11.9 Å². The summed E-state index contributed by atoms with van der Waals surface area (Å²) >= 11 is 3.44. The third-order valence-corrected chi connectivity index (χ3v) is 3.35. The zero-order valence-electron chi connectivity index (χ0n) is 20.2. The first-order chi connectivity index (χ1) is 13.0. The Hall–Kier alpha value is 2.72. The van der Waals surface area contributed by atoms with Crippen molar-refractivity contribution in [1.82, 2.24) is 0 Å². The van der Waals surface area contributed by atoms with E-state index < -0.39 is 6.16 Å². The van der Waals surface area contributed by atoms with Crippen molar-refractivity contribution >= 4 is 39.4 Å². The zero-order chi connectivity index (χ0) is 22.8. The summed E-state index contributed by atoms with van der Waals surface area (Å²) in [5, 5.41) is 25.0. The summed E-state index contributed by atoms with van der Waals surface area (Å²) in [6.07, 6.45) is 9.73. The van der Waals surface area contributed by atoms with Crippen LogP contribution >= 0.6 is 15.9 Å². The number of carbonyl (C=O) groups is 4. The number of aliphatic hydroxyl groups excluding tert-OH is 1. The van der Waals surface area contributed by atoms with Gasteiger partial charge in [0.2, 0.25) is 6.16 Å². The smallest absolute Gasteiger partial charge is 1.00 e. The van der Waals surface area contributed by atoms with Crippen molar-refractivity contribution in [2.45, 2.75) is 91.9 Å². The van der Waals surface area contributed by atoms with Crippen LogP contribution in [0.1, 0.15) is 91.9 Å². The van der Waals surface area contributed by atoms with E-state index in [1.54, 1.807) is 0 Å². The molecule has 0 heterocycles. The van der Waals surface area contributed by atoms with E-state index in [9.17, 15) is 14.4 Å². The molecule has 0 aromatic heterocycles. The average molecular weight is 676 g/mol. The number of aliphatic hydroxyl groups is 1. The maximum absolute atomic E-state index is 10.0. The predicted molar refractivity (Wildman–Crippen MR) is 113 cm³/mol. The number of carbonyl (C=O) groups excluding carboxylic acids is 3. The molecule has 0 aliphatic carbocycles. The molecule has 0 saturated heterocycles. The van der Waals surface area contributed by atoms with Crippen LogP contribution in [0.3, 0.4) is 0 Å². The van der Waals surface area contributed by atoms with Crippen molar-refractivity contribution in [1.29, 1.82) is 0 Å². The summed E-state index contributed by atoms with van der Waals surface area (Å²) in [7, 11) is 0. The van der Waals surface area contributed by atoms with E-state index in [4.69, 9.17) is 20.1 Å². The number of halogens is 2. The van der Waals surface area contributed by atoms with Crippen molar-refractivity contribution in [3.05, 3.63) is 0 Å². The minimum atomic E-state index is -2.08. The molecule has 31 heavy (non-hydrogen) atoms. The van der Waals surface area contributed by atoms with Gasteiger partial charge in [-0.25, -0.2) is 0 Å². The summed E-state index contributed by atoms with van der Waals surface area (Å²) in [6.45, 7) is 6.23. The molecule has 0 unspecified atom stereocenters. The van der Waals surface area contributed by atoms with Gasteiger partial charge in [0.25, 0.3) is 0 Å². The molecule has 7 nitrogen and oxygen atoms in total. The monoisotopic (exact) mass is 674 g/mol. The number of hydrogen-bond acceptors (Lipinski definition) is 6. The Labute approximate surface area is 299 Å². The van der Waals surface area contributed by atoms with Crippen LogP contribution in [0.25, 0.3) is 0 Å². The minimum Gasteiger partial charge on any atom is -1.00 e. The average Bonchev–Trinajstić information content (AvgIpc) is 2.51. The van der Waals surface area contributed by atoms with Crippen molar-refractivity contribution in [2.24, 2.45) is 0 Å². The Morgan fingerprint density at radius 1 is 0.710 bits per heavy atom. The Balaban J connectivity index is -0.0000000547. The second-order valence-electron chi connectivity index (χ2n) is 6.35. The third kappa shape index (κ3) is 110. The molecule has 11 heteroatoms. The first-order valence-electron chi connectivity index (χ1n) is 9.53. The molecule has 0 fully saturated rings. The topological polar surface area (TPSA) is 132 Å². The van der Waals surface area contributed by atoms with Crippen molar-refractivity contribution < 1.29 is 161 Å². The van der Waals surface area contributed by atoms with Gasteiger partial charge in [0.05, 0.1) is 6.42 Å². The minimum absolute atomic E-state index is 0. The van der Waals surface area contributed by atoms with E-state index in [0.717, 1.165) is 11.8 Å². The van der Waals surface area contributed by atoms with Crippen LogP contribution in [0.4, 0.5) is 4.79 Å². The summed E-state index contributed by atoms with van der Waals surface area (Å²) in [6, 6.07) is 0. The maximum atomic E-state index is 10.0. The maximum Gasteiger partial charge on any atom is 1.00 e. The fourth-order valence-electron chi connectivity index (χ4n) is 1.79. The standard InChI is InChI=1S/C11H23BrO.C5H8O2.C3H6O.CH2O3.HI.2K/c12-10-8-6-4-2-1-3-5-7-9-11-13;1-4(6)3-5(2)7;1-3(2)4;2-1(3)4;;;/h13H,1-11H2;3H2,1-2H3;1-2H3;(H2,2,3,4);1H;;/q;;;;;2*+1/p-2. The van der Waals surface area contributed by atoms with Gasteiger partial charge in [-0.15, -0.1) is 0 Å². The molecule has 0 amide bonds. The van der Waals surface area contributed by atoms with Crippen LogP contribution < -0.4 is 132 Å². The van der Waals surface area contributed by atoms with Crippen LogP contribution in [0.15, 0.2) is 0 Å². The van der Waals surface area contributed by atoms with Crippen LogP contribution in [0.2, 0.25) is 0 Å². The summed E-state index contributed by atoms with van der Waals surface area (Å²) in [4.78, 5) is 38.0. The second-order valence-corrected chi connectivity index (χ2v) is 7.14. The molecule has 0 atom stereocenters. The van der Waals surface area contributed by atoms with Gasteiger partial charge in [0.15, 0.2) is 0 Å². The van der Waals surface area contributed by atoms with Crippen molar-refractivity contribution in [2.75, 3.05) is 11.9 Å². The largest absolute Gasteiger partial charge is 1.00 e. The zero-order valence-corrected chi connectivity index (χ0v) is 30.2. The molecule has 0 spiro atoms. The first kappa shape index (κ1) is 50.6. The molecule has 0 aromatic rings. The fourth-order valence-corrected chi connectivity index (χ4v) is 2.19. The number of hydrogen-bond donors (Lipinski definition) is 2. The second kappa shape index (κ2) is 46.1. The first-order valence-corrected chi connectivity index (χ1v) is 10.7. The number of ketones is 3. The fraction of sp³-hybridized carbons (Fsp3) is 0.800. The number of rotatable bonds is 12. The Morgan fingerprint density at radius 2 is 0.935 bits per heavy atom. The van der Waals surface area contributed by atoms with Crippen molar-refractivity contribution in [3.63, 3.8) is 0 Å². The summed E-state index contributed by atoms with van der Waals surface area (Å²) in [5.41, 5.74) is 0. The van der Waals surface area contributed by atoms with Gasteiger partial charge >= 0.3 is 103 Å². The van der Waals surface area contributed by atoms with Gasteiger partial charge < -0.3 is 48.9 Å². The molecule has 2 N–H and O–H groups in total. The Kier molecular flexibility index (Phi) is 75.2.